The number of anilines is 1. The maximum absolute atomic E-state index is 6.86. The van der Waals surface area contributed by atoms with Crippen molar-refractivity contribution < 1.29 is 13.9 Å². The van der Waals surface area contributed by atoms with Gasteiger partial charge in [0.25, 0.3) is 0 Å². The number of pyridine rings is 1. The van der Waals surface area contributed by atoms with Crippen LogP contribution in [0.2, 0.25) is 18.1 Å². The van der Waals surface area contributed by atoms with Crippen molar-refractivity contribution in [1.29, 1.82) is 0 Å². The van der Waals surface area contributed by atoms with Gasteiger partial charge in [-0.15, -0.1) is 18.1 Å². The van der Waals surface area contributed by atoms with Crippen LogP contribution in [0, 0.1) is 5.92 Å². The molecule has 1 aromatic carbocycles. The number of aromatic nitrogens is 4. The average molecular weight is 658 g/mol. The fourth-order valence-electron chi connectivity index (χ4n) is 7.29. The molecule has 5 atom stereocenters. The zero-order valence-corrected chi connectivity index (χ0v) is 31.3. The molecule has 6 rings (SSSR count). The van der Waals surface area contributed by atoms with Crippen LogP contribution in [0.1, 0.15) is 92.3 Å². The molecule has 4 heterocycles. The van der Waals surface area contributed by atoms with Gasteiger partial charge in [-0.1, -0.05) is 20.8 Å². The molecule has 9 heteroatoms. The smallest absolute Gasteiger partial charge is 0.163 e. The molecule has 255 valence electrons. The number of fused-ring (bicyclic) bond motifs is 3. The van der Waals surface area contributed by atoms with E-state index in [1.54, 1.807) is 6.33 Å². The minimum absolute atomic E-state index is 0.0256. The van der Waals surface area contributed by atoms with Crippen LogP contribution in [0.4, 0.5) is 5.82 Å². The summed E-state index contributed by atoms with van der Waals surface area (Å²) in [6, 6.07) is 11.2. The van der Waals surface area contributed by atoms with Gasteiger partial charge in [0.2, 0.25) is 0 Å². The highest BCUT2D eigenvalue weighted by atomic mass is 28.4. The predicted molar refractivity (Wildman–Crippen MR) is 193 cm³/mol. The maximum Gasteiger partial charge on any atom is 0.163 e. The minimum Gasteiger partial charge on any atom is -0.562 e. The fourth-order valence-corrected chi connectivity index (χ4v) is 8.73. The zero-order valence-electron chi connectivity index (χ0n) is 30.3. The molecule has 1 N–H and O–H groups in total. The molecule has 1 saturated heterocycles. The number of hydrogen-bond acceptors (Lipinski definition) is 7. The third-order valence-corrected chi connectivity index (χ3v) is 15.0. The molecule has 1 saturated carbocycles. The Bertz CT molecular complexity index is 1740. The number of hydrogen-bond donors (Lipinski definition) is 1. The molecule has 0 bridgehead atoms. The first-order valence-electron chi connectivity index (χ1n) is 17.4. The largest absolute Gasteiger partial charge is 0.562 e. The van der Waals surface area contributed by atoms with Crippen LogP contribution in [0.5, 0.6) is 0 Å². The summed E-state index contributed by atoms with van der Waals surface area (Å²) >= 11 is 0. The third kappa shape index (κ3) is 7.28. The van der Waals surface area contributed by atoms with Gasteiger partial charge in [-0.2, -0.15) is 0 Å². The van der Waals surface area contributed by atoms with Crippen LogP contribution in [0.3, 0.4) is 0 Å². The minimum atomic E-state index is -1.91. The summed E-state index contributed by atoms with van der Waals surface area (Å²) in [6.45, 7) is 24.4. The summed E-state index contributed by atoms with van der Waals surface area (Å²) in [5.74, 6) is 0.633. The molecule has 4 aromatic rings. The van der Waals surface area contributed by atoms with E-state index >= 15 is 0 Å². The van der Waals surface area contributed by atoms with Gasteiger partial charge in [0.1, 0.15) is 23.9 Å². The Labute approximate surface area is 282 Å². The number of aryl methyl sites for hydroxylation is 1. The van der Waals surface area contributed by atoms with Crippen molar-refractivity contribution in [3.63, 3.8) is 0 Å². The first kappa shape index (κ1) is 34.0. The predicted octanol–water partition coefficient (Wildman–Crippen LogP) is 8.86. The Morgan fingerprint density at radius 2 is 1.77 bits per heavy atom. The lowest BCUT2D eigenvalue weighted by Crippen LogP contribution is -2.43. The number of nitrogens with one attached hydrogen (secondary N) is 1. The molecule has 0 radical (unpaired) electrons. The highest BCUT2D eigenvalue weighted by molar-refractivity contribution is 6.74. The van der Waals surface area contributed by atoms with Gasteiger partial charge in [-0.3, -0.25) is 0 Å². The molecular weight excluding hydrogens is 603 g/mol. The summed E-state index contributed by atoms with van der Waals surface area (Å²) in [5.41, 5.74) is 4.62. The summed E-state index contributed by atoms with van der Waals surface area (Å²) in [5, 5.41) is 5.93. The number of ether oxygens (including phenoxy) is 2. The third-order valence-electron chi connectivity index (χ3n) is 10.4. The van der Waals surface area contributed by atoms with Gasteiger partial charge in [0.15, 0.2) is 5.79 Å². The molecule has 2 fully saturated rings. The lowest BCUT2D eigenvalue weighted by atomic mass is 9.91. The summed E-state index contributed by atoms with van der Waals surface area (Å²) in [6.07, 6.45) is 9.57. The molecule has 1 aliphatic heterocycles. The van der Waals surface area contributed by atoms with Crippen LogP contribution in [0.15, 0.2) is 49.1 Å². The molecule has 0 spiro atoms. The Morgan fingerprint density at radius 3 is 2.49 bits per heavy atom. The quantitative estimate of drug-likeness (QED) is 0.180. The highest BCUT2D eigenvalue weighted by Crippen LogP contribution is 2.49. The van der Waals surface area contributed by atoms with Gasteiger partial charge >= 0.3 is 0 Å². The Hall–Kier alpha value is -2.85. The van der Waals surface area contributed by atoms with Crippen LogP contribution < -0.4 is 5.32 Å². The van der Waals surface area contributed by atoms with E-state index < -0.39 is 14.1 Å². The molecule has 1 aliphatic carbocycles. The van der Waals surface area contributed by atoms with Gasteiger partial charge in [0, 0.05) is 34.8 Å². The van der Waals surface area contributed by atoms with E-state index in [0.29, 0.717) is 5.92 Å². The van der Waals surface area contributed by atoms with Crippen molar-refractivity contribution >= 4 is 36.1 Å². The van der Waals surface area contributed by atoms with E-state index in [0.717, 1.165) is 48.1 Å². The fraction of sp³-hybridized carbons (Fsp3) is 0.605. The normalized spacial score (nSPS) is 23.8. The summed E-state index contributed by atoms with van der Waals surface area (Å²) in [7, 11) is -1.91. The van der Waals surface area contributed by atoms with Crippen molar-refractivity contribution in [2.24, 2.45) is 5.92 Å². The van der Waals surface area contributed by atoms with Gasteiger partial charge < -0.3 is 23.8 Å². The van der Waals surface area contributed by atoms with E-state index in [4.69, 9.17) is 18.9 Å². The van der Waals surface area contributed by atoms with E-state index in [9.17, 15) is 0 Å². The summed E-state index contributed by atoms with van der Waals surface area (Å²) < 4.78 is 22.4. The standard InChI is InChI=1S/C38H55N5O3Si/c1-24(46-47(10,11)37(5,6)7)18-29-19-26-14-15-32(42-36(2,3)4)41-30(26)20-25(29)12-13-27-21-31(34-33(27)44-38(8,9)45-34)43-17-16-28-22-39-23-40-35(28)43/h14-17,19-20,22-24,27,31,33-34H,12-13,18,21H2,1-11H3,(H,41,42)/q-1/t24?,27-,31+,33+,34-/m0/s1. The summed E-state index contributed by atoms with van der Waals surface area (Å²) in [4.78, 5) is 13.9. The van der Waals surface area contributed by atoms with Gasteiger partial charge in [0.05, 0.1) is 17.7 Å². The van der Waals surface area contributed by atoms with Crippen molar-refractivity contribution in [3.8, 4) is 0 Å². The second-order valence-corrected chi connectivity index (χ2v) is 21.7. The van der Waals surface area contributed by atoms with Crippen molar-refractivity contribution in [3.05, 3.63) is 60.2 Å². The van der Waals surface area contributed by atoms with Gasteiger partial charge in [-0.05, 0) is 123 Å². The molecule has 3 aromatic heterocycles. The Kier molecular flexibility index (Phi) is 8.86. The van der Waals surface area contributed by atoms with Crippen molar-refractivity contribution in [2.75, 3.05) is 5.32 Å². The molecule has 47 heavy (non-hydrogen) atoms. The molecule has 8 nitrogen and oxygen atoms in total. The number of nitrogens with zero attached hydrogens (tertiary/aromatic N) is 4. The monoisotopic (exact) mass is 657 g/mol. The van der Waals surface area contributed by atoms with E-state index in [1.165, 1.54) is 16.5 Å². The second-order valence-electron chi connectivity index (χ2n) is 17.0. The van der Waals surface area contributed by atoms with Gasteiger partial charge in [-0.25, -0.2) is 15.0 Å². The molecule has 2 aliphatic rings. The first-order valence-corrected chi connectivity index (χ1v) is 20.3. The lowest BCUT2D eigenvalue weighted by molar-refractivity contribution is -0.160. The van der Waals surface area contributed by atoms with Crippen LogP contribution in [-0.2, 0) is 26.7 Å². The van der Waals surface area contributed by atoms with E-state index in [1.807, 2.05) is 20.0 Å². The van der Waals surface area contributed by atoms with Crippen LogP contribution >= 0.6 is 0 Å². The average Bonchev–Trinajstić information content (AvgIpc) is 3.60. The molecule has 0 amide bonds. The second kappa shape index (κ2) is 12.2. The topological polar surface area (TPSA) is 83.3 Å². The number of rotatable bonds is 9. The molecule has 1 unspecified atom stereocenters. The Balaban J connectivity index is 1.29. The van der Waals surface area contributed by atoms with Crippen molar-refractivity contribution in [1.82, 2.24) is 19.5 Å². The highest BCUT2D eigenvalue weighted by Gasteiger charge is 2.54. The van der Waals surface area contributed by atoms with Crippen LogP contribution in [0.25, 0.3) is 21.9 Å². The number of benzene rings is 1. The van der Waals surface area contributed by atoms with Crippen molar-refractivity contribution in [2.45, 2.75) is 142 Å². The first-order chi connectivity index (χ1) is 21.9. The van der Waals surface area contributed by atoms with Crippen LogP contribution in [-0.4, -0.2) is 57.5 Å². The van der Waals surface area contributed by atoms with E-state index in [-0.39, 0.29) is 34.9 Å². The molecular formula is C38H55N5O3Si-. The van der Waals surface area contributed by atoms with E-state index in [2.05, 4.69) is 118 Å². The zero-order chi connectivity index (χ0) is 33.9. The maximum atomic E-state index is 6.86. The lowest BCUT2D eigenvalue weighted by Gasteiger charge is -2.50. The Morgan fingerprint density at radius 1 is 1.02 bits per heavy atom. The SMILES string of the molecule is CC(Cc1cc2ccc(NC(C)(C)C)nc2cc1CC[C@H]1C[C@@H](n2ccc3cncnc32)[C@@H]2OC(C)(C)O[C@H]12)O[Si-](C)(C)C(C)(C)C.